The van der Waals surface area contributed by atoms with E-state index in [0.717, 1.165) is 0 Å². The Bertz CT molecular complexity index is 1700. The lowest BCUT2D eigenvalue weighted by atomic mass is 10.1. The molecule has 248 valence electrons. The van der Waals surface area contributed by atoms with Gasteiger partial charge in [-0.25, -0.2) is 9.78 Å². The molecule has 0 bridgehead atoms. The molecule has 47 heavy (non-hydrogen) atoms. The summed E-state index contributed by atoms with van der Waals surface area (Å²) in [5, 5.41) is 12.2. The van der Waals surface area contributed by atoms with Crippen LogP contribution < -0.4 is 15.0 Å². The summed E-state index contributed by atoms with van der Waals surface area (Å²) in [6.07, 6.45) is -3.16. The third-order valence-electron chi connectivity index (χ3n) is 6.85. The molecule has 1 saturated heterocycles. The van der Waals surface area contributed by atoms with Gasteiger partial charge in [0, 0.05) is 31.1 Å². The molecule has 1 fully saturated rings. The highest BCUT2D eigenvalue weighted by molar-refractivity contribution is 7.13. The number of thiazole rings is 1. The van der Waals surface area contributed by atoms with Gasteiger partial charge in [0.05, 0.1) is 43.0 Å². The number of nitrogens with zero attached hydrogens (tertiary/aromatic N) is 5. The van der Waals surface area contributed by atoms with Crippen LogP contribution in [0.2, 0.25) is 0 Å². The van der Waals surface area contributed by atoms with Gasteiger partial charge in [0.25, 0.3) is 5.91 Å². The minimum absolute atomic E-state index is 0.0183. The van der Waals surface area contributed by atoms with Gasteiger partial charge in [0.2, 0.25) is 0 Å². The van der Waals surface area contributed by atoms with Gasteiger partial charge in [-0.1, -0.05) is 18.2 Å². The summed E-state index contributed by atoms with van der Waals surface area (Å²) in [5.74, 6) is -0.929. The van der Waals surface area contributed by atoms with Crippen LogP contribution in [-0.4, -0.2) is 77.1 Å². The maximum absolute atomic E-state index is 15.0. The SMILES string of the molecule is CN(C[C@H]1CN(c2c(NC(=O)c3csc(-c4ccnnc4)n3)ccc(Oc3ccccc3)c2C(F)(F)F)CCO1)C(=O)OC(C)(C)C. The highest BCUT2D eigenvalue weighted by Gasteiger charge is 2.42. The van der Waals surface area contributed by atoms with Gasteiger partial charge in [-0.05, 0) is 51.1 Å². The van der Waals surface area contributed by atoms with E-state index in [0.29, 0.717) is 10.6 Å². The summed E-state index contributed by atoms with van der Waals surface area (Å²) < 4.78 is 62.1. The van der Waals surface area contributed by atoms with E-state index >= 15 is 13.2 Å². The highest BCUT2D eigenvalue weighted by atomic mass is 32.1. The molecule has 11 nitrogen and oxygen atoms in total. The lowest BCUT2D eigenvalue weighted by Gasteiger charge is -2.38. The Morgan fingerprint density at radius 3 is 2.55 bits per heavy atom. The van der Waals surface area contributed by atoms with Crippen LogP contribution in [0.4, 0.5) is 29.3 Å². The number of ether oxygens (including phenoxy) is 3. The number of aromatic nitrogens is 3. The number of benzene rings is 2. The number of carbonyl (C=O) groups excluding carboxylic acids is 2. The molecule has 15 heteroatoms. The Hall–Kier alpha value is -4.76. The van der Waals surface area contributed by atoms with Gasteiger partial charge in [0.15, 0.2) is 0 Å². The number of likely N-dealkylation sites (N-methyl/N-ethyl adjacent to an activating group) is 1. The van der Waals surface area contributed by atoms with Crippen LogP contribution in [0.15, 0.2) is 66.3 Å². The second kappa shape index (κ2) is 13.9. The number of amides is 2. The molecule has 5 rings (SSSR count). The number of nitrogens with one attached hydrogen (secondary N) is 1. The first-order chi connectivity index (χ1) is 22.3. The Kier molecular flexibility index (Phi) is 9.96. The maximum Gasteiger partial charge on any atom is 0.422 e. The summed E-state index contributed by atoms with van der Waals surface area (Å²) in [5.41, 5.74) is -1.52. The molecule has 0 aliphatic carbocycles. The molecule has 1 aliphatic rings. The molecule has 1 N–H and O–H groups in total. The average Bonchev–Trinajstić information content (AvgIpc) is 3.52. The lowest BCUT2D eigenvalue weighted by Crippen LogP contribution is -2.49. The van der Waals surface area contributed by atoms with Gasteiger partial charge >= 0.3 is 12.3 Å². The fourth-order valence-corrected chi connectivity index (χ4v) is 5.63. The zero-order valence-electron chi connectivity index (χ0n) is 26.1. The standard InChI is InChI=1S/C32H33F3N6O5S/c1-31(2,3)46-30(43)40(4)17-22-18-41(14-15-44-22)27-23(38-28(42)24-19-47-29(39-24)20-12-13-36-37-16-20)10-11-25(26(27)32(33,34)35)45-21-8-6-5-7-9-21/h5-13,16,19,22H,14-15,17-18H2,1-4H3,(H,38,42)/t22-/m0/s1. The first-order valence-electron chi connectivity index (χ1n) is 14.6. The van der Waals surface area contributed by atoms with Crippen LogP contribution in [-0.2, 0) is 15.7 Å². The third kappa shape index (κ3) is 8.54. The van der Waals surface area contributed by atoms with Gasteiger partial charge in [-0.15, -0.1) is 11.3 Å². The average molecular weight is 671 g/mol. The molecule has 4 aromatic rings. The van der Waals surface area contributed by atoms with Crippen molar-refractivity contribution in [3.05, 3.63) is 77.6 Å². The van der Waals surface area contributed by atoms with E-state index in [1.54, 1.807) is 57.2 Å². The predicted octanol–water partition coefficient (Wildman–Crippen LogP) is 6.74. The monoisotopic (exact) mass is 670 g/mol. The summed E-state index contributed by atoms with van der Waals surface area (Å²) in [6, 6.07) is 12.3. The first kappa shape index (κ1) is 33.6. The minimum atomic E-state index is -4.89. The molecular formula is C32H33F3N6O5S. The largest absolute Gasteiger partial charge is 0.457 e. The van der Waals surface area contributed by atoms with Gasteiger partial charge in [0.1, 0.15) is 33.4 Å². The number of morpholine rings is 1. The molecular weight excluding hydrogens is 637 g/mol. The molecule has 0 spiro atoms. The topological polar surface area (TPSA) is 119 Å². The molecule has 2 aromatic heterocycles. The van der Waals surface area contributed by atoms with Crippen LogP contribution in [0, 0.1) is 0 Å². The number of anilines is 2. The van der Waals surface area contributed by atoms with Gasteiger partial charge in [-0.2, -0.15) is 23.4 Å². The van der Waals surface area contributed by atoms with Gasteiger partial charge < -0.3 is 29.3 Å². The molecule has 0 unspecified atom stereocenters. The van der Waals surface area contributed by atoms with E-state index in [1.165, 1.54) is 58.1 Å². The molecule has 3 heterocycles. The second-order valence-corrected chi connectivity index (χ2v) is 12.5. The zero-order valence-corrected chi connectivity index (χ0v) is 26.9. The van der Waals surface area contributed by atoms with Crippen molar-refractivity contribution in [3.63, 3.8) is 0 Å². The number of hydrogen-bond donors (Lipinski definition) is 1. The summed E-state index contributed by atoms with van der Waals surface area (Å²) in [7, 11) is 1.53. The Labute approximate surface area is 273 Å². The number of halogens is 3. The maximum atomic E-state index is 15.0. The molecule has 0 radical (unpaired) electrons. The van der Waals surface area contributed by atoms with Crippen LogP contribution in [0.5, 0.6) is 11.5 Å². The summed E-state index contributed by atoms with van der Waals surface area (Å²) >= 11 is 1.19. The normalized spacial score (nSPS) is 15.2. The molecule has 2 amide bonds. The van der Waals surface area contributed by atoms with Crippen molar-refractivity contribution in [3.8, 4) is 22.1 Å². The Morgan fingerprint density at radius 2 is 1.87 bits per heavy atom. The summed E-state index contributed by atoms with van der Waals surface area (Å²) in [6.45, 7) is 5.38. The molecule has 2 aromatic carbocycles. The Balaban J connectivity index is 1.49. The lowest BCUT2D eigenvalue weighted by molar-refractivity contribution is -0.138. The van der Waals surface area contributed by atoms with Crippen molar-refractivity contribution in [1.29, 1.82) is 0 Å². The minimum Gasteiger partial charge on any atom is -0.457 e. The van der Waals surface area contributed by atoms with E-state index in [-0.39, 0.29) is 49.1 Å². The number of hydrogen-bond acceptors (Lipinski definition) is 10. The third-order valence-corrected chi connectivity index (χ3v) is 7.74. The number of rotatable bonds is 8. The first-order valence-corrected chi connectivity index (χ1v) is 15.5. The van der Waals surface area contributed by atoms with Crippen molar-refractivity contribution in [1.82, 2.24) is 20.1 Å². The van der Waals surface area contributed by atoms with Crippen LogP contribution in [0.25, 0.3) is 10.6 Å². The highest BCUT2D eigenvalue weighted by Crippen LogP contribution is 2.48. The fraction of sp³-hybridized carbons (Fsp3) is 0.344. The number of carbonyl (C=O) groups is 2. The molecule has 0 saturated carbocycles. The quantitative estimate of drug-likeness (QED) is 0.218. The molecule has 1 atom stereocenters. The van der Waals surface area contributed by atoms with Crippen LogP contribution >= 0.6 is 11.3 Å². The number of alkyl halides is 3. The van der Waals surface area contributed by atoms with Crippen LogP contribution in [0.1, 0.15) is 36.8 Å². The van der Waals surface area contributed by atoms with Crippen molar-refractivity contribution >= 4 is 34.7 Å². The van der Waals surface area contributed by atoms with E-state index in [1.807, 2.05) is 0 Å². The molecule has 1 aliphatic heterocycles. The van der Waals surface area contributed by atoms with E-state index < -0.39 is 41.2 Å². The zero-order chi connectivity index (χ0) is 33.8. The van der Waals surface area contributed by atoms with Gasteiger partial charge in [-0.3, -0.25) is 4.79 Å². The smallest absolute Gasteiger partial charge is 0.422 e. The van der Waals surface area contributed by atoms with Crippen molar-refractivity contribution in [2.45, 2.75) is 38.7 Å². The van der Waals surface area contributed by atoms with E-state index in [2.05, 4.69) is 20.5 Å². The fourth-order valence-electron chi connectivity index (χ4n) is 4.84. The van der Waals surface area contributed by atoms with E-state index in [9.17, 15) is 9.59 Å². The van der Waals surface area contributed by atoms with Crippen LogP contribution in [0.3, 0.4) is 0 Å². The number of para-hydroxylation sites is 1. The predicted molar refractivity (Wildman–Crippen MR) is 170 cm³/mol. The second-order valence-electron chi connectivity index (χ2n) is 11.7. The van der Waals surface area contributed by atoms with E-state index in [4.69, 9.17) is 14.2 Å². The van der Waals surface area contributed by atoms with Crippen molar-refractivity contribution in [2.75, 3.05) is 43.5 Å². The van der Waals surface area contributed by atoms with Crippen molar-refractivity contribution < 1.29 is 37.0 Å². The Morgan fingerprint density at radius 1 is 1.11 bits per heavy atom. The van der Waals surface area contributed by atoms with Crippen molar-refractivity contribution in [2.24, 2.45) is 0 Å². The summed E-state index contributed by atoms with van der Waals surface area (Å²) in [4.78, 5) is 33.2.